The minimum atomic E-state index is -0.327. The van der Waals surface area contributed by atoms with Crippen LogP contribution in [0.5, 0.6) is 11.6 Å². The molecule has 0 saturated carbocycles. The fourth-order valence-electron chi connectivity index (χ4n) is 1.38. The minimum absolute atomic E-state index is 0.154. The zero-order valence-electron chi connectivity index (χ0n) is 10.6. The standard InChI is InChI=1S/C14H12BrFN2O2/c1-9(15)14(19)18-11-4-7-13(17-8-11)20-12-5-2-10(16)3-6-12/h2-9H,1H3,(H,18,19). The van der Waals surface area contributed by atoms with Crippen molar-refractivity contribution < 1.29 is 13.9 Å². The van der Waals surface area contributed by atoms with Crippen molar-refractivity contribution in [2.75, 3.05) is 5.32 Å². The van der Waals surface area contributed by atoms with E-state index in [1.165, 1.54) is 30.5 Å². The first kappa shape index (κ1) is 14.5. The summed E-state index contributed by atoms with van der Waals surface area (Å²) in [7, 11) is 0. The fourth-order valence-corrected chi connectivity index (χ4v) is 1.49. The molecule has 1 atom stereocenters. The molecule has 0 spiro atoms. The van der Waals surface area contributed by atoms with E-state index in [1.54, 1.807) is 19.1 Å². The molecule has 0 saturated heterocycles. The number of hydrogen-bond donors (Lipinski definition) is 1. The van der Waals surface area contributed by atoms with E-state index in [0.717, 1.165) is 0 Å². The molecule has 0 aliphatic heterocycles. The van der Waals surface area contributed by atoms with Crippen LogP contribution in [0, 0.1) is 5.82 Å². The number of aromatic nitrogens is 1. The van der Waals surface area contributed by atoms with Crippen molar-refractivity contribution in [2.45, 2.75) is 11.8 Å². The fraction of sp³-hybridized carbons (Fsp3) is 0.143. The van der Waals surface area contributed by atoms with Gasteiger partial charge in [0.15, 0.2) is 0 Å². The number of benzene rings is 1. The first-order valence-electron chi connectivity index (χ1n) is 5.89. The molecule has 1 N–H and O–H groups in total. The van der Waals surface area contributed by atoms with E-state index in [-0.39, 0.29) is 16.6 Å². The molecule has 1 unspecified atom stereocenters. The number of pyridine rings is 1. The second-order valence-corrected chi connectivity index (χ2v) is 5.42. The summed E-state index contributed by atoms with van der Waals surface area (Å²) < 4.78 is 18.2. The van der Waals surface area contributed by atoms with E-state index in [1.807, 2.05) is 0 Å². The maximum atomic E-state index is 12.7. The number of nitrogens with one attached hydrogen (secondary N) is 1. The number of hydrogen-bond acceptors (Lipinski definition) is 3. The summed E-state index contributed by atoms with van der Waals surface area (Å²) >= 11 is 3.17. The first-order valence-corrected chi connectivity index (χ1v) is 6.80. The lowest BCUT2D eigenvalue weighted by Crippen LogP contribution is -2.19. The highest BCUT2D eigenvalue weighted by atomic mass is 79.9. The molecule has 0 bridgehead atoms. The van der Waals surface area contributed by atoms with Crippen LogP contribution in [0.1, 0.15) is 6.92 Å². The second kappa shape index (κ2) is 6.47. The average Bonchev–Trinajstić information content (AvgIpc) is 2.43. The highest BCUT2D eigenvalue weighted by Crippen LogP contribution is 2.20. The Labute approximate surface area is 124 Å². The van der Waals surface area contributed by atoms with Crippen molar-refractivity contribution in [1.82, 2.24) is 4.98 Å². The summed E-state index contributed by atoms with van der Waals surface area (Å²) in [6.07, 6.45) is 1.49. The van der Waals surface area contributed by atoms with Crippen molar-refractivity contribution in [1.29, 1.82) is 0 Å². The van der Waals surface area contributed by atoms with Gasteiger partial charge in [-0.1, -0.05) is 15.9 Å². The van der Waals surface area contributed by atoms with E-state index < -0.39 is 0 Å². The molecular formula is C14H12BrFN2O2. The van der Waals surface area contributed by atoms with Gasteiger partial charge in [-0.2, -0.15) is 0 Å². The molecule has 0 aliphatic rings. The minimum Gasteiger partial charge on any atom is -0.439 e. The molecule has 20 heavy (non-hydrogen) atoms. The SMILES string of the molecule is CC(Br)C(=O)Nc1ccc(Oc2ccc(F)cc2)nc1. The van der Waals surface area contributed by atoms with Gasteiger partial charge in [-0.05, 0) is 37.3 Å². The number of ether oxygens (including phenoxy) is 1. The van der Waals surface area contributed by atoms with Crippen molar-refractivity contribution in [2.24, 2.45) is 0 Å². The maximum Gasteiger partial charge on any atom is 0.237 e. The highest BCUT2D eigenvalue weighted by Gasteiger charge is 2.09. The lowest BCUT2D eigenvalue weighted by atomic mass is 10.3. The van der Waals surface area contributed by atoms with Gasteiger partial charge in [0.2, 0.25) is 11.8 Å². The van der Waals surface area contributed by atoms with Crippen molar-refractivity contribution in [3.8, 4) is 11.6 Å². The van der Waals surface area contributed by atoms with Crippen LogP contribution < -0.4 is 10.1 Å². The summed E-state index contributed by atoms with van der Waals surface area (Å²) in [5.41, 5.74) is 0.577. The Bertz CT molecular complexity index is 585. The lowest BCUT2D eigenvalue weighted by molar-refractivity contribution is -0.115. The van der Waals surface area contributed by atoms with Crippen LogP contribution in [-0.4, -0.2) is 15.7 Å². The maximum absolute atomic E-state index is 12.7. The number of amides is 1. The van der Waals surface area contributed by atoms with Gasteiger partial charge < -0.3 is 10.1 Å². The number of anilines is 1. The smallest absolute Gasteiger partial charge is 0.237 e. The van der Waals surface area contributed by atoms with Crippen molar-refractivity contribution in [3.63, 3.8) is 0 Å². The van der Waals surface area contributed by atoms with Crippen LogP contribution in [0.2, 0.25) is 0 Å². The number of nitrogens with zero attached hydrogens (tertiary/aromatic N) is 1. The third-order valence-corrected chi connectivity index (χ3v) is 2.82. The van der Waals surface area contributed by atoms with Gasteiger partial charge in [0.1, 0.15) is 11.6 Å². The second-order valence-electron chi connectivity index (χ2n) is 4.05. The number of carbonyl (C=O) groups excluding carboxylic acids is 1. The van der Waals surface area contributed by atoms with E-state index in [2.05, 4.69) is 26.2 Å². The molecule has 0 aliphatic carbocycles. The molecule has 1 heterocycles. The number of carbonyl (C=O) groups is 1. The number of alkyl halides is 1. The number of rotatable bonds is 4. The van der Waals surface area contributed by atoms with Crippen molar-refractivity contribution in [3.05, 3.63) is 48.4 Å². The average molecular weight is 339 g/mol. The van der Waals surface area contributed by atoms with E-state index >= 15 is 0 Å². The number of halogens is 2. The van der Waals surface area contributed by atoms with Gasteiger partial charge in [-0.15, -0.1) is 0 Å². The highest BCUT2D eigenvalue weighted by molar-refractivity contribution is 9.10. The molecule has 4 nitrogen and oxygen atoms in total. The van der Waals surface area contributed by atoms with Gasteiger partial charge in [-0.25, -0.2) is 9.37 Å². The van der Waals surface area contributed by atoms with Crippen LogP contribution in [0.25, 0.3) is 0 Å². The molecule has 0 radical (unpaired) electrons. The Morgan fingerprint density at radius 1 is 1.30 bits per heavy atom. The van der Waals surface area contributed by atoms with Gasteiger partial charge in [0.05, 0.1) is 16.7 Å². The summed E-state index contributed by atoms with van der Waals surface area (Å²) in [5.74, 6) is 0.373. The Hall–Kier alpha value is -1.95. The first-order chi connectivity index (χ1) is 9.54. The van der Waals surface area contributed by atoms with Gasteiger partial charge in [0, 0.05) is 6.07 Å². The van der Waals surface area contributed by atoms with E-state index in [9.17, 15) is 9.18 Å². The van der Waals surface area contributed by atoms with Gasteiger partial charge in [0.25, 0.3) is 0 Å². The Balaban J connectivity index is 2.01. The predicted octanol–water partition coefficient (Wildman–Crippen LogP) is 3.73. The molecule has 1 aromatic heterocycles. The quantitative estimate of drug-likeness (QED) is 0.864. The molecule has 6 heteroatoms. The van der Waals surface area contributed by atoms with Crippen LogP contribution in [-0.2, 0) is 4.79 Å². The molecule has 104 valence electrons. The Kier molecular flexibility index (Phi) is 4.68. The monoisotopic (exact) mass is 338 g/mol. The zero-order chi connectivity index (χ0) is 14.5. The molecule has 0 fully saturated rings. The van der Waals surface area contributed by atoms with Crippen LogP contribution in [0.15, 0.2) is 42.6 Å². The summed E-state index contributed by atoms with van der Waals surface area (Å²) in [5, 5.41) is 2.69. The van der Waals surface area contributed by atoms with Crippen LogP contribution in [0.3, 0.4) is 0 Å². The van der Waals surface area contributed by atoms with Crippen molar-refractivity contribution >= 4 is 27.5 Å². The third-order valence-electron chi connectivity index (χ3n) is 2.40. The predicted molar refractivity (Wildman–Crippen MR) is 77.7 cm³/mol. The van der Waals surface area contributed by atoms with Crippen LogP contribution >= 0.6 is 15.9 Å². The topological polar surface area (TPSA) is 51.2 Å². The Morgan fingerprint density at radius 3 is 2.55 bits per heavy atom. The van der Waals surface area contributed by atoms with E-state index in [4.69, 9.17) is 4.74 Å². The summed E-state index contributed by atoms with van der Waals surface area (Å²) in [4.78, 5) is 15.3. The molecule has 1 amide bonds. The third kappa shape index (κ3) is 4.03. The normalized spacial score (nSPS) is 11.8. The summed E-state index contributed by atoms with van der Waals surface area (Å²) in [6.45, 7) is 1.73. The molecule has 2 aromatic rings. The lowest BCUT2D eigenvalue weighted by Gasteiger charge is -2.08. The Morgan fingerprint density at radius 2 is 2.00 bits per heavy atom. The van der Waals surface area contributed by atoms with Crippen LogP contribution in [0.4, 0.5) is 10.1 Å². The molecule has 2 rings (SSSR count). The van der Waals surface area contributed by atoms with E-state index in [0.29, 0.717) is 17.3 Å². The zero-order valence-corrected chi connectivity index (χ0v) is 12.2. The largest absolute Gasteiger partial charge is 0.439 e. The summed E-state index contributed by atoms with van der Waals surface area (Å²) in [6, 6.07) is 8.94. The van der Waals surface area contributed by atoms with Gasteiger partial charge >= 0.3 is 0 Å². The van der Waals surface area contributed by atoms with Gasteiger partial charge in [-0.3, -0.25) is 4.79 Å². The molecule has 1 aromatic carbocycles. The molecular weight excluding hydrogens is 327 g/mol.